The number of hydrogen-bond donors (Lipinski definition) is 2. The van der Waals surface area contributed by atoms with Gasteiger partial charge in [0.2, 0.25) is 5.91 Å². The molecule has 0 spiro atoms. The van der Waals surface area contributed by atoms with Crippen LogP contribution in [0.2, 0.25) is 0 Å². The summed E-state index contributed by atoms with van der Waals surface area (Å²) in [6.45, 7) is 0.0588. The van der Waals surface area contributed by atoms with E-state index in [0.717, 1.165) is 28.1 Å². The molecule has 0 saturated carbocycles. The predicted molar refractivity (Wildman–Crippen MR) is 138 cm³/mol. The summed E-state index contributed by atoms with van der Waals surface area (Å²) in [5, 5.41) is 7.70. The van der Waals surface area contributed by atoms with E-state index in [4.69, 9.17) is 20.3 Å². The first-order valence-electron chi connectivity index (χ1n) is 11.3. The van der Waals surface area contributed by atoms with E-state index in [1.54, 1.807) is 24.3 Å². The second-order valence-electron chi connectivity index (χ2n) is 7.87. The summed E-state index contributed by atoms with van der Waals surface area (Å²) in [5.74, 6) is -0.0154. The Bertz CT molecular complexity index is 1370. The van der Waals surface area contributed by atoms with Crippen molar-refractivity contribution in [2.45, 2.75) is 6.54 Å². The van der Waals surface area contributed by atoms with Crippen LogP contribution in [0.5, 0.6) is 11.5 Å². The number of nitrogens with two attached hydrogens (primary N) is 1. The Morgan fingerprint density at radius 3 is 2.42 bits per heavy atom. The first-order chi connectivity index (χ1) is 17.5. The molecule has 8 nitrogen and oxygen atoms in total. The molecule has 0 atom stereocenters. The first-order valence-corrected chi connectivity index (χ1v) is 11.3. The fourth-order valence-electron chi connectivity index (χ4n) is 3.56. The van der Waals surface area contributed by atoms with Gasteiger partial charge in [0.25, 0.3) is 5.91 Å². The van der Waals surface area contributed by atoms with Crippen LogP contribution in [0, 0.1) is 0 Å². The lowest BCUT2D eigenvalue weighted by Gasteiger charge is -2.10. The highest BCUT2D eigenvalue weighted by atomic mass is 16.5. The van der Waals surface area contributed by atoms with Crippen LogP contribution < -0.4 is 20.5 Å². The van der Waals surface area contributed by atoms with Crippen molar-refractivity contribution in [1.82, 2.24) is 15.1 Å². The third kappa shape index (κ3) is 6.18. The first kappa shape index (κ1) is 24.3. The van der Waals surface area contributed by atoms with Crippen LogP contribution in [-0.2, 0) is 16.1 Å². The van der Waals surface area contributed by atoms with Crippen molar-refractivity contribution in [1.29, 1.82) is 0 Å². The molecule has 36 heavy (non-hydrogen) atoms. The van der Waals surface area contributed by atoms with Crippen molar-refractivity contribution in [3.05, 3.63) is 102 Å². The van der Waals surface area contributed by atoms with E-state index in [2.05, 4.69) is 5.32 Å². The number of hydrogen-bond acceptors (Lipinski definition) is 5. The molecule has 3 aromatic carbocycles. The monoisotopic (exact) mass is 482 g/mol. The molecule has 0 aliphatic rings. The zero-order chi connectivity index (χ0) is 25.3. The summed E-state index contributed by atoms with van der Waals surface area (Å²) in [4.78, 5) is 23.5. The third-order valence-corrected chi connectivity index (χ3v) is 5.30. The molecule has 4 rings (SSSR count). The van der Waals surface area contributed by atoms with Gasteiger partial charge in [0.15, 0.2) is 18.1 Å². The maximum Gasteiger partial charge on any atom is 0.255 e. The van der Waals surface area contributed by atoms with Crippen molar-refractivity contribution in [2.24, 2.45) is 5.73 Å². The van der Waals surface area contributed by atoms with Crippen LogP contribution in [0.15, 0.2) is 91.1 Å². The summed E-state index contributed by atoms with van der Waals surface area (Å²) in [6, 6.07) is 24.8. The molecule has 0 aliphatic carbocycles. The Morgan fingerprint density at radius 1 is 1.00 bits per heavy atom. The van der Waals surface area contributed by atoms with Gasteiger partial charge >= 0.3 is 0 Å². The van der Waals surface area contributed by atoms with Crippen LogP contribution in [0.4, 0.5) is 0 Å². The van der Waals surface area contributed by atoms with E-state index in [-0.39, 0.29) is 12.5 Å². The van der Waals surface area contributed by atoms with E-state index < -0.39 is 5.91 Å². The van der Waals surface area contributed by atoms with E-state index in [1.807, 2.05) is 71.5 Å². The van der Waals surface area contributed by atoms with Gasteiger partial charge in [-0.1, -0.05) is 54.6 Å². The number of ether oxygens (including phenoxy) is 2. The average molecular weight is 483 g/mol. The topological polar surface area (TPSA) is 108 Å². The fourth-order valence-corrected chi connectivity index (χ4v) is 3.56. The van der Waals surface area contributed by atoms with Crippen LogP contribution in [0.25, 0.3) is 23.0 Å². The Morgan fingerprint density at radius 2 is 1.72 bits per heavy atom. The maximum absolute atomic E-state index is 12.6. The molecule has 0 aliphatic heterocycles. The predicted octanol–water partition coefficient (Wildman–Crippen LogP) is 3.74. The van der Waals surface area contributed by atoms with Gasteiger partial charge in [0.1, 0.15) is 0 Å². The van der Waals surface area contributed by atoms with Gasteiger partial charge in [-0.25, -0.2) is 4.68 Å². The molecule has 2 amide bonds. The highest BCUT2D eigenvalue weighted by Crippen LogP contribution is 2.28. The average Bonchev–Trinajstić information content (AvgIpc) is 3.35. The number of carbonyl (C=O) groups excluding carboxylic acids is 2. The van der Waals surface area contributed by atoms with Crippen LogP contribution in [0.1, 0.15) is 11.1 Å². The number of aromatic nitrogens is 2. The number of nitrogens with zero attached hydrogens (tertiary/aromatic N) is 2. The number of methoxy groups -OCH3 is 1. The van der Waals surface area contributed by atoms with E-state index in [9.17, 15) is 9.59 Å². The summed E-state index contributed by atoms with van der Waals surface area (Å²) in [7, 11) is 1.49. The lowest BCUT2D eigenvalue weighted by molar-refractivity contribution is -0.120. The molecule has 8 heteroatoms. The van der Waals surface area contributed by atoms with E-state index >= 15 is 0 Å². The van der Waals surface area contributed by atoms with E-state index in [0.29, 0.717) is 18.0 Å². The molecule has 0 bridgehead atoms. The molecule has 1 heterocycles. The van der Waals surface area contributed by atoms with Gasteiger partial charge in [0.05, 0.1) is 18.5 Å². The largest absolute Gasteiger partial charge is 0.493 e. The normalized spacial score (nSPS) is 10.8. The minimum absolute atomic E-state index is 0.250. The molecule has 0 fully saturated rings. The van der Waals surface area contributed by atoms with Gasteiger partial charge in [-0.05, 0) is 35.9 Å². The quantitative estimate of drug-likeness (QED) is 0.335. The highest BCUT2D eigenvalue weighted by molar-refractivity contribution is 5.91. The third-order valence-electron chi connectivity index (χ3n) is 5.30. The molecular weight excluding hydrogens is 456 g/mol. The van der Waals surface area contributed by atoms with Crippen molar-refractivity contribution in [3.63, 3.8) is 0 Å². The molecule has 0 unspecified atom stereocenters. The van der Waals surface area contributed by atoms with Gasteiger partial charge in [-0.2, -0.15) is 5.10 Å². The zero-order valence-electron chi connectivity index (χ0n) is 19.8. The zero-order valence-corrected chi connectivity index (χ0v) is 19.8. The van der Waals surface area contributed by atoms with Crippen LogP contribution >= 0.6 is 0 Å². The van der Waals surface area contributed by atoms with Gasteiger partial charge in [-0.15, -0.1) is 0 Å². The number of nitrogens with one attached hydrogen (secondary N) is 1. The number of para-hydroxylation sites is 1. The van der Waals surface area contributed by atoms with Crippen molar-refractivity contribution in [3.8, 4) is 28.4 Å². The maximum atomic E-state index is 12.6. The molecule has 182 valence electrons. The summed E-state index contributed by atoms with van der Waals surface area (Å²) in [5.41, 5.74) is 9.46. The van der Waals surface area contributed by atoms with Gasteiger partial charge in [-0.3, -0.25) is 9.59 Å². The molecule has 1 aromatic heterocycles. The smallest absolute Gasteiger partial charge is 0.255 e. The molecule has 0 radical (unpaired) electrons. The summed E-state index contributed by atoms with van der Waals surface area (Å²) in [6.07, 6.45) is 5.04. The summed E-state index contributed by atoms with van der Waals surface area (Å²) < 4.78 is 12.4. The number of carbonyl (C=O) groups is 2. The molecule has 4 aromatic rings. The second kappa shape index (κ2) is 11.5. The lowest BCUT2D eigenvalue weighted by Crippen LogP contribution is -2.20. The molecule has 0 saturated heterocycles. The Labute approximate surface area is 209 Å². The van der Waals surface area contributed by atoms with Gasteiger partial charge < -0.3 is 20.5 Å². The van der Waals surface area contributed by atoms with Crippen LogP contribution in [0.3, 0.4) is 0 Å². The minimum atomic E-state index is -0.581. The lowest BCUT2D eigenvalue weighted by atomic mass is 10.1. The second-order valence-corrected chi connectivity index (χ2v) is 7.87. The highest BCUT2D eigenvalue weighted by Gasteiger charge is 2.13. The molecule has 3 N–H and O–H groups in total. The Balaban J connectivity index is 1.47. The van der Waals surface area contributed by atoms with Crippen molar-refractivity contribution < 1.29 is 19.1 Å². The standard InChI is InChI=1S/C28H26N4O4/c1-35-25-16-20(12-14-24(25)36-19-26(29)33)13-15-27(34)30-17-22-18-32(23-10-6-3-7-11-23)31-28(22)21-8-4-2-5-9-21/h2-16,18H,17,19H2,1H3,(H2,29,33)(H,30,34)/b15-13+. The number of rotatable bonds is 10. The molecular formula is C28H26N4O4. The van der Waals surface area contributed by atoms with E-state index in [1.165, 1.54) is 13.2 Å². The Kier molecular flexibility index (Phi) is 7.77. The number of primary amides is 1. The van der Waals surface area contributed by atoms with Crippen LogP contribution in [-0.4, -0.2) is 35.3 Å². The number of amides is 2. The fraction of sp³-hybridized carbons (Fsp3) is 0.107. The SMILES string of the molecule is COc1cc(/C=C/C(=O)NCc2cn(-c3ccccc3)nc2-c2ccccc2)ccc1OCC(N)=O. The summed E-state index contributed by atoms with van der Waals surface area (Å²) >= 11 is 0. The van der Waals surface area contributed by atoms with Crippen molar-refractivity contribution in [2.75, 3.05) is 13.7 Å². The van der Waals surface area contributed by atoms with Crippen molar-refractivity contribution >= 4 is 17.9 Å². The Hall–Kier alpha value is -4.85. The number of benzene rings is 3. The van der Waals surface area contributed by atoms with Gasteiger partial charge in [0, 0.05) is 29.9 Å². The minimum Gasteiger partial charge on any atom is -0.493 e.